The summed E-state index contributed by atoms with van der Waals surface area (Å²) in [5.74, 6) is 2.90. The lowest BCUT2D eigenvalue weighted by atomic mass is 9.69. The van der Waals surface area contributed by atoms with Crippen LogP contribution in [0.25, 0.3) is 0 Å². The molecule has 0 unspecified atom stereocenters. The summed E-state index contributed by atoms with van der Waals surface area (Å²) in [6, 6.07) is 0. The van der Waals surface area contributed by atoms with Crippen LogP contribution in [0.3, 0.4) is 0 Å². The Balaban J connectivity index is 1.74. The summed E-state index contributed by atoms with van der Waals surface area (Å²) in [7, 11) is 0. The molecule has 0 aromatic carbocycles. The Labute approximate surface area is 159 Å². The van der Waals surface area contributed by atoms with Gasteiger partial charge < -0.3 is 9.84 Å². The molecule has 1 N–H and O–H groups in total. The summed E-state index contributed by atoms with van der Waals surface area (Å²) < 4.78 is 5.88. The fourth-order valence-corrected chi connectivity index (χ4v) is 4.75. The van der Waals surface area contributed by atoms with Gasteiger partial charge in [-0.2, -0.15) is 0 Å². The zero-order valence-corrected chi connectivity index (χ0v) is 16.4. The highest BCUT2D eigenvalue weighted by Crippen LogP contribution is 2.42. The predicted molar refractivity (Wildman–Crippen MR) is 107 cm³/mol. The molecule has 0 aliphatic heterocycles. The van der Waals surface area contributed by atoms with Crippen molar-refractivity contribution >= 4 is 5.97 Å². The van der Waals surface area contributed by atoms with Gasteiger partial charge >= 0.3 is 5.97 Å². The third kappa shape index (κ3) is 6.03. The van der Waals surface area contributed by atoms with E-state index >= 15 is 0 Å². The average molecular weight is 361 g/mol. The number of hydrogen-bond acceptors (Lipinski definition) is 2. The van der Waals surface area contributed by atoms with Crippen molar-refractivity contribution in [3.8, 4) is 0 Å². The maximum absolute atomic E-state index is 11.2. The number of carboxylic acids is 1. The molecule has 0 heterocycles. The van der Waals surface area contributed by atoms with Crippen molar-refractivity contribution < 1.29 is 14.6 Å². The van der Waals surface area contributed by atoms with Gasteiger partial charge in [0.15, 0.2) is 0 Å². The Morgan fingerprint density at radius 1 is 0.962 bits per heavy atom. The molecule has 26 heavy (non-hydrogen) atoms. The number of hydrogen-bond donors (Lipinski definition) is 1. The molecule has 0 saturated heterocycles. The summed E-state index contributed by atoms with van der Waals surface area (Å²) in [5, 5.41) is 9.17. The first kappa shape index (κ1) is 20.8. The normalized spacial score (nSPS) is 30.2. The fraction of sp³-hybridized carbons (Fsp3) is 0.696. The van der Waals surface area contributed by atoms with Gasteiger partial charge in [0.05, 0.1) is 12.2 Å². The van der Waals surface area contributed by atoms with Gasteiger partial charge in [-0.05, 0) is 88.4 Å². The van der Waals surface area contributed by atoms with Gasteiger partial charge in [-0.1, -0.05) is 12.2 Å². The van der Waals surface area contributed by atoms with Crippen LogP contribution in [0, 0.1) is 23.7 Å². The van der Waals surface area contributed by atoms with E-state index in [1.54, 1.807) is 13.0 Å². The third-order valence-corrected chi connectivity index (χ3v) is 6.51. The van der Waals surface area contributed by atoms with Crippen LogP contribution in [0.1, 0.15) is 71.1 Å². The third-order valence-electron chi connectivity index (χ3n) is 6.51. The molecule has 2 rings (SSSR count). The molecule has 2 aliphatic rings. The molecule has 0 spiro atoms. The van der Waals surface area contributed by atoms with Crippen LogP contribution in [0.4, 0.5) is 0 Å². The van der Waals surface area contributed by atoms with Gasteiger partial charge in [0.2, 0.25) is 0 Å². The molecule has 0 aromatic rings. The minimum Gasteiger partial charge on any atom is -0.497 e. The van der Waals surface area contributed by atoms with Crippen molar-refractivity contribution in [1.82, 2.24) is 0 Å². The number of allylic oxidation sites excluding steroid dienone is 2. The topological polar surface area (TPSA) is 46.5 Å². The summed E-state index contributed by atoms with van der Waals surface area (Å²) >= 11 is 0. The molecule has 0 amide bonds. The molecule has 0 radical (unpaired) electrons. The molecule has 0 atom stereocenters. The van der Waals surface area contributed by atoms with Crippen molar-refractivity contribution in [1.29, 1.82) is 0 Å². The van der Waals surface area contributed by atoms with Crippen molar-refractivity contribution in [3.63, 3.8) is 0 Å². The molecule has 2 aliphatic carbocycles. The van der Waals surface area contributed by atoms with E-state index in [-0.39, 0.29) is 0 Å². The second kappa shape index (κ2) is 10.6. The lowest BCUT2D eigenvalue weighted by Gasteiger charge is -2.37. The lowest BCUT2D eigenvalue weighted by molar-refractivity contribution is -0.132. The smallest absolute Gasteiger partial charge is 0.334 e. The molecule has 2 fully saturated rings. The maximum atomic E-state index is 11.2. The Morgan fingerprint density at radius 2 is 1.50 bits per heavy atom. The SMILES string of the molecule is C=CCC(OC[C@H]1CC[C@H]([C@H]2CC[C@H](CC=C)CC2)CC1)=C(C)C(=O)O. The fourth-order valence-electron chi connectivity index (χ4n) is 4.75. The second-order valence-corrected chi connectivity index (χ2v) is 8.24. The highest BCUT2D eigenvalue weighted by atomic mass is 16.5. The maximum Gasteiger partial charge on any atom is 0.334 e. The number of carbonyl (C=O) groups is 1. The predicted octanol–water partition coefficient (Wildman–Crippen LogP) is 6.13. The van der Waals surface area contributed by atoms with Gasteiger partial charge in [-0.3, -0.25) is 0 Å². The number of rotatable bonds is 9. The number of ether oxygens (including phenoxy) is 1. The molecule has 2 saturated carbocycles. The average Bonchev–Trinajstić information content (AvgIpc) is 2.66. The van der Waals surface area contributed by atoms with Crippen LogP contribution in [0.15, 0.2) is 36.6 Å². The molecule has 3 nitrogen and oxygen atoms in total. The minimum absolute atomic E-state index is 0.301. The van der Waals surface area contributed by atoms with E-state index < -0.39 is 5.97 Å². The van der Waals surface area contributed by atoms with Crippen molar-refractivity contribution in [3.05, 3.63) is 36.6 Å². The first-order chi connectivity index (χ1) is 12.5. The first-order valence-corrected chi connectivity index (χ1v) is 10.3. The van der Waals surface area contributed by atoms with Gasteiger partial charge in [-0.15, -0.1) is 13.2 Å². The van der Waals surface area contributed by atoms with Crippen molar-refractivity contribution in [2.24, 2.45) is 23.7 Å². The Hall–Kier alpha value is -1.51. The lowest BCUT2D eigenvalue weighted by Crippen LogP contribution is -2.27. The second-order valence-electron chi connectivity index (χ2n) is 8.24. The van der Waals surface area contributed by atoms with Crippen LogP contribution in [0.2, 0.25) is 0 Å². The summed E-state index contributed by atoms with van der Waals surface area (Å²) in [6.45, 7) is 9.84. The minimum atomic E-state index is -0.905. The van der Waals surface area contributed by atoms with E-state index in [1.165, 1.54) is 57.8 Å². The monoisotopic (exact) mass is 360 g/mol. The van der Waals surface area contributed by atoms with Gasteiger partial charge in [0, 0.05) is 6.42 Å². The van der Waals surface area contributed by atoms with Crippen LogP contribution in [-0.2, 0) is 9.53 Å². The van der Waals surface area contributed by atoms with Crippen molar-refractivity contribution in [2.75, 3.05) is 6.61 Å². The zero-order valence-electron chi connectivity index (χ0n) is 16.4. The molecular formula is C23H36O3. The zero-order chi connectivity index (χ0) is 18.9. The van der Waals surface area contributed by atoms with Crippen LogP contribution < -0.4 is 0 Å². The Kier molecular flexibility index (Phi) is 8.47. The Bertz CT molecular complexity index is 504. The number of aliphatic carboxylic acids is 1. The van der Waals surface area contributed by atoms with E-state index in [4.69, 9.17) is 9.84 Å². The Morgan fingerprint density at radius 3 is 1.96 bits per heavy atom. The van der Waals surface area contributed by atoms with Crippen molar-refractivity contribution in [2.45, 2.75) is 71.1 Å². The standard InChI is InChI=1S/C23H36O3/c1-4-6-18-8-12-20(13-9-18)21-14-10-19(11-15-21)16-26-22(7-5-2)17(3)23(24)25/h4-5,18-21H,1-2,6-16H2,3H3,(H,24,25)/t18-,19-,20-,21-. The highest BCUT2D eigenvalue weighted by molar-refractivity contribution is 5.86. The van der Waals surface area contributed by atoms with Crippen LogP contribution >= 0.6 is 0 Å². The highest BCUT2D eigenvalue weighted by Gasteiger charge is 2.30. The summed E-state index contributed by atoms with van der Waals surface area (Å²) in [6.07, 6.45) is 16.1. The van der Waals surface area contributed by atoms with Gasteiger partial charge in [0.25, 0.3) is 0 Å². The van der Waals surface area contributed by atoms with E-state index in [2.05, 4.69) is 19.2 Å². The molecular weight excluding hydrogens is 324 g/mol. The summed E-state index contributed by atoms with van der Waals surface area (Å²) in [4.78, 5) is 11.2. The van der Waals surface area contributed by atoms with E-state index in [9.17, 15) is 4.79 Å². The first-order valence-electron chi connectivity index (χ1n) is 10.3. The summed E-state index contributed by atoms with van der Waals surface area (Å²) in [5.41, 5.74) is 0.301. The van der Waals surface area contributed by atoms with Gasteiger partial charge in [-0.25, -0.2) is 4.79 Å². The molecule has 0 aromatic heterocycles. The van der Waals surface area contributed by atoms with Crippen LogP contribution in [0.5, 0.6) is 0 Å². The van der Waals surface area contributed by atoms with Gasteiger partial charge in [0.1, 0.15) is 5.76 Å². The largest absolute Gasteiger partial charge is 0.497 e. The molecule has 0 bridgehead atoms. The number of carboxylic acid groups (broad SMARTS) is 1. The van der Waals surface area contributed by atoms with E-state index in [0.29, 0.717) is 30.3 Å². The molecule has 3 heteroatoms. The van der Waals surface area contributed by atoms with Crippen LogP contribution in [-0.4, -0.2) is 17.7 Å². The van der Waals surface area contributed by atoms with E-state index in [0.717, 1.165) is 17.8 Å². The molecule has 146 valence electrons. The quantitative estimate of drug-likeness (QED) is 0.306. The van der Waals surface area contributed by atoms with E-state index in [1.807, 2.05) is 0 Å².